The molecule has 0 saturated heterocycles. The van der Waals surface area contributed by atoms with Crippen molar-refractivity contribution in [2.45, 2.75) is 32.8 Å². The first-order chi connectivity index (χ1) is 9.19. The van der Waals surface area contributed by atoms with Gasteiger partial charge in [-0.15, -0.1) is 0 Å². The maximum Gasteiger partial charge on any atom is 0.129 e. The van der Waals surface area contributed by atoms with Crippen molar-refractivity contribution in [2.75, 3.05) is 0 Å². The number of nitrogens with zero attached hydrogens (tertiary/aromatic N) is 1. The molecule has 0 fully saturated rings. The number of pyridine rings is 1. The molecule has 1 unspecified atom stereocenters. The monoisotopic (exact) mass is 275 g/mol. The van der Waals surface area contributed by atoms with E-state index >= 15 is 0 Å². The first-order valence-electron chi connectivity index (χ1n) is 6.52. The number of ether oxygens (including phenoxy) is 1. The summed E-state index contributed by atoms with van der Waals surface area (Å²) in [5.74, 6) is 1.47. The average molecular weight is 276 g/mol. The van der Waals surface area contributed by atoms with Crippen LogP contribution < -0.4 is 4.74 Å². The average Bonchev–Trinajstić information content (AvgIpc) is 2.46. The molecule has 0 spiro atoms. The molecule has 0 aliphatic rings. The van der Waals surface area contributed by atoms with E-state index in [0.717, 1.165) is 17.7 Å². The molecular formula is C16H18ClNO. The fraction of sp³-hybridized carbons (Fsp3) is 0.312. The lowest BCUT2D eigenvalue weighted by molar-refractivity contribution is 0.305. The standard InChI is InChI=1S/C16H18ClNO/c1-3-12(2)14-5-7-15(8-6-14)19-11-13-4-9-16(17)18-10-13/h4-10,12H,3,11H2,1-2H3. The minimum atomic E-state index is 0.502. The predicted molar refractivity (Wildman–Crippen MR) is 78.7 cm³/mol. The van der Waals surface area contributed by atoms with Gasteiger partial charge in [-0.25, -0.2) is 4.98 Å². The van der Waals surface area contributed by atoms with Crippen LogP contribution in [0.3, 0.4) is 0 Å². The van der Waals surface area contributed by atoms with Crippen molar-refractivity contribution in [1.82, 2.24) is 4.98 Å². The summed E-state index contributed by atoms with van der Waals surface area (Å²) in [4.78, 5) is 4.03. The third kappa shape index (κ3) is 3.97. The zero-order valence-corrected chi connectivity index (χ0v) is 12.0. The van der Waals surface area contributed by atoms with E-state index in [2.05, 4.69) is 31.0 Å². The highest BCUT2D eigenvalue weighted by Crippen LogP contribution is 2.22. The molecule has 2 rings (SSSR count). The van der Waals surface area contributed by atoms with Crippen LogP contribution in [0, 0.1) is 0 Å². The van der Waals surface area contributed by atoms with Crippen LogP contribution in [0.5, 0.6) is 5.75 Å². The molecule has 1 heterocycles. The summed E-state index contributed by atoms with van der Waals surface area (Å²) in [6, 6.07) is 12.0. The normalized spacial score (nSPS) is 12.2. The Morgan fingerprint density at radius 3 is 2.47 bits per heavy atom. The van der Waals surface area contributed by atoms with E-state index in [1.54, 1.807) is 12.3 Å². The van der Waals surface area contributed by atoms with Gasteiger partial charge in [0.25, 0.3) is 0 Å². The van der Waals surface area contributed by atoms with E-state index in [-0.39, 0.29) is 0 Å². The number of halogens is 1. The summed E-state index contributed by atoms with van der Waals surface area (Å²) in [6.45, 7) is 4.94. The van der Waals surface area contributed by atoms with E-state index in [1.807, 2.05) is 18.2 Å². The second-order valence-corrected chi connectivity index (χ2v) is 5.04. The van der Waals surface area contributed by atoms with Gasteiger partial charge in [-0.05, 0) is 36.1 Å². The Hall–Kier alpha value is -1.54. The smallest absolute Gasteiger partial charge is 0.129 e. The van der Waals surface area contributed by atoms with E-state index in [9.17, 15) is 0 Å². The molecule has 100 valence electrons. The molecule has 1 aromatic carbocycles. The van der Waals surface area contributed by atoms with Gasteiger partial charge in [0.15, 0.2) is 0 Å². The van der Waals surface area contributed by atoms with Gasteiger partial charge in [-0.2, -0.15) is 0 Å². The van der Waals surface area contributed by atoms with Crippen molar-refractivity contribution < 1.29 is 4.74 Å². The minimum absolute atomic E-state index is 0.502. The SMILES string of the molecule is CCC(C)c1ccc(OCc2ccc(Cl)nc2)cc1. The molecule has 0 saturated carbocycles. The second kappa shape index (κ2) is 6.58. The van der Waals surface area contributed by atoms with Crippen LogP contribution in [0.15, 0.2) is 42.6 Å². The molecule has 0 bridgehead atoms. The van der Waals surface area contributed by atoms with E-state index in [4.69, 9.17) is 16.3 Å². The van der Waals surface area contributed by atoms with Crippen molar-refractivity contribution in [1.29, 1.82) is 0 Å². The molecule has 0 N–H and O–H groups in total. The van der Waals surface area contributed by atoms with Crippen LogP contribution in [0.25, 0.3) is 0 Å². The summed E-state index contributed by atoms with van der Waals surface area (Å²) in [6.07, 6.45) is 2.88. The molecule has 3 heteroatoms. The number of rotatable bonds is 5. The van der Waals surface area contributed by atoms with Gasteiger partial charge in [0.2, 0.25) is 0 Å². The maximum absolute atomic E-state index is 5.74. The molecule has 0 aliphatic heterocycles. The fourth-order valence-electron chi connectivity index (χ4n) is 1.79. The number of benzene rings is 1. The lowest BCUT2D eigenvalue weighted by Gasteiger charge is -2.10. The van der Waals surface area contributed by atoms with Crippen molar-refractivity contribution >= 4 is 11.6 Å². The quantitative estimate of drug-likeness (QED) is 0.729. The third-order valence-corrected chi connectivity index (χ3v) is 3.48. The van der Waals surface area contributed by atoms with Crippen molar-refractivity contribution in [3.8, 4) is 5.75 Å². The van der Waals surface area contributed by atoms with Gasteiger partial charge < -0.3 is 4.74 Å². The fourth-order valence-corrected chi connectivity index (χ4v) is 1.90. The molecule has 0 radical (unpaired) electrons. The summed E-state index contributed by atoms with van der Waals surface area (Å²) in [7, 11) is 0. The number of aromatic nitrogens is 1. The van der Waals surface area contributed by atoms with Crippen LogP contribution in [0.1, 0.15) is 37.3 Å². The largest absolute Gasteiger partial charge is 0.489 e. The van der Waals surface area contributed by atoms with Crippen LogP contribution in [0.4, 0.5) is 0 Å². The van der Waals surface area contributed by atoms with Gasteiger partial charge in [-0.3, -0.25) is 0 Å². The van der Waals surface area contributed by atoms with E-state index in [1.165, 1.54) is 5.56 Å². The van der Waals surface area contributed by atoms with Gasteiger partial charge in [0.05, 0.1) is 0 Å². The first-order valence-corrected chi connectivity index (χ1v) is 6.90. The van der Waals surface area contributed by atoms with Gasteiger partial charge in [0.1, 0.15) is 17.5 Å². The second-order valence-electron chi connectivity index (χ2n) is 4.66. The molecule has 19 heavy (non-hydrogen) atoms. The van der Waals surface area contributed by atoms with Crippen LogP contribution in [0.2, 0.25) is 5.15 Å². The van der Waals surface area contributed by atoms with Gasteiger partial charge >= 0.3 is 0 Å². The first kappa shape index (κ1) is 13.9. The zero-order valence-electron chi connectivity index (χ0n) is 11.3. The van der Waals surface area contributed by atoms with Gasteiger partial charge in [-0.1, -0.05) is 43.6 Å². The van der Waals surface area contributed by atoms with Crippen LogP contribution in [-0.4, -0.2) is 4.98 Å². The Balaban J connectivity index is 1.94. The Morgan fingerprint density at radius 1 is 1.16 bits per heavy atom. The highest BCUT2D eigenvalue weighted by atomic mass is 35.5. The number of hydrogen-bond donors (Lipinski definition) is 0. The topological polar surface area (TPSA) is 22.1 Å². The highest BCUT2D eigenvalue weighted by Gasteiger charge is 2.03. The summed E-state index contributed by atoms with van der Waals surface area (Å²) < 4.78 is 5.72. The van der Waals surface area contributed by atoms with Crippen LogP contribution >= 0.6 is 11.6 Å². The molecule has 1 aromatic heterocycles. The maximum atomic E-state index is 5.74. The molecule has 0 aliphatic carbocycles. The van der Waals surface area contributed by atoms with E-state index in [0.29, 0.717) is 17.7 Å². The lowest BCUT2D eigenvalue weighted by Crippen LogP contribution is -1.97. The predicted octanol–water partition coefficient (Wildman–Crippen LogP) is 4.83. The Bertz CT molecular complexity index is 507. The molecule has 0 amide bonds. The summed E-state index contributed by atoms with van der Waals surface area (Å²) >= 11 is 5.74. The summed E-state index contributed by atoms with van der Waals surface area (Å²) in [5, 5.41) is 0.502. The number of hydrogen-bond acceptors (Lipinski definition) is 2. The lowest BCUT2D eigenvalue weighted by atomic mass is 9.99. The Labute approximate surface area is 119 Å². The minimum Gasteiger partial charge on any atom is -0.489 e. The molecule has 1 atom stereocenters. The Kier molecular flexibility index (Phi) is 4.80. The highest BCUT2D eigenvalue weighted by molar-refractivity contribution is 6.29. The van der Waals surface area contributed by atoms with Crippen molar-refractivity contribution in [2.24, 2.45) is 0 Å². The zero-order chi connectivity index (χ0) is 13.7. The summed E-state index contributed by atoms with van der Waals surface area (Å²) in [5.41, 5.74) is 2.36. The third-order valence-electron chi connectivity index (χ3n) is 3.26. The van der Waals surface area contributed by atoms with Gasteiger partial charge in [0, 0.05) is 11.8 Å². The Morgan fingerprint density at radius 2 is 1.89 bits per heavy atom. The van der Waals surface area contributed by atoms with Crippen LogP contribution in [-0.2, 0) is 6.61 Å². The molecule has 2 aromatic rings. The van der Waals surface area contributed by atoms with E-state index < -0.39 is 0 Å². The molecular weight excluding hydrogens is 258 g/mol. The van der Waals surface area contributed by atoms with Crippen molar-refractivity contribution in [3.63, 3.8) is 0 Å². The van der Waals surface area contributed by atoms with Crippen molar-refractivity contribution in [3.05, 3.63) is 58.9 Å². The molecule has 2 nitrogen and oxygen atoms in total.